The lowest BCUT2D eigenvalue weighted by atomic mass is 10.1. The fourth-order valence-electron chi connectivity index (χ4n) is 4.34. The predicted molar refractivity (Wildman–Crippen MR) is 166 cm³/mol. The summed E-state index contributed by atoms with van der Waals surface area (Å²) in [7, 11) is -4.14. The minimum atomic E-state index is -4.14. The number of benzene rings is 3. The SMILES string of the molecule is CC[C@@H](C)NC(=O)[C@@H](CC)N(Cc1ccc(Cl)cc1Cl)C(=O)CN(c1cccc(C)c1)S(=O)(=O)c1ccc(C)cc1. The third-order valence-electron chi connectivity index (χ3n) is 6.92. The summed E-state index contributed by atoms with van der Waals surface area (Å²) in [5, 5.41) is 3.74. The molecule has 220 valence electrons. The maximum atomic E-state index is 14.2. The number of carbonyl (C=O) groups excluding carboxylic acids is 2. The molecule has 0 saturated heterocycles. The number of amides is 2. The van der Waals surface area contributed by atoms with Gasteiger partial charge in [0.15, 0.2) is 0 Å². The van der Waals surface area contributed by atoms with Crippen molar-refractivity contribution in [2.24, 2.45) is 0 Å². The van der Waals surface area contributed by atoms with Crippen molar-refractivity contribution in [2.45, 2.75) is 71.0 Å². The van der Waals surface area contributed by atoms with Gasteiger partial charge in [0.25, 0.3) is 10.0 Å². The molecule has 0 fully saturated rings. The van der Waals surface area contributed by atoms with Gasteiger partial charge < -0.3 is 10.2 Å². The number of anilines is 1. The Morgan fingerprint density at radius 2 is 1.59 bits per heavy atom. The maximum Gasteiger partial charge on any atom is 0.264 e. The Balaban J connectivity index is 2.08. The molecule has 2 atom stereocenters. The molecule has 10 heteroatoms. The summed E-state index contributed by atoms with van der Waals surface area (Å²) < 4.78 is 29.0. The molecule has 41 heavy (non-hydrogen) atoms. The van der Waals surface area contributed by atoms with Crippen molar-refractivity contribution in [3.8, 4) is 0 Å². The minimum Gasteiger partial charge on any atom is -0.352 e. The molecule has 0 saturated carbocycles. The Morgan fingerprint density at radius 3 is 2.17 bits per heavy atom. The summed E-state index contributed by atoms with van der Waals surface area (Å²) in [4.78, 5) is 29.0. The van der Waals surface area contributed by atoms with Crippen molar-refractivity contribution < 1.29 is 18.0 Å². The highest BCUT2D eigenvalue weighted by atomic mass is 35.5. The Kier molecular flexibility index (Phi) is 11.2. The van der Waals surface area contributed by atoms with Crippen molar-refractivity contribution in [1.82, 2.24) is 10.2 Å². The van der Waals surface area contributed by atoms with Gasteiger partial charge in [-0.25, -0.2) is 8.42 Å². The molecule has 0 heterocycles. The van der Waals surface area contributed by atoms with Crippen molar-refractivity contribution in [2.75, 3.05) is 10.8 Å². The lowest BCUT2D eigenvalue weighted by molar-refractivity contribution is -0.140. The van der Waals surface area contributed by atoms with Crippen LogP contribution < -0.4 is 9.62 Å². The summed E-state index contributed by atoms with van der Waals surface area (Å²) in [6.45, 7) is 8.85. The molecular weight excluding hydrogens is 581 g/mol. The van der Waals surface area contributed by atoms with E-state index >= 15 is 0 Å². The van der Waals surface area contributed by atoms with E-state index in [1.807, 2.05) is 40.7 Å². The van der Waals surface area contributed by atoms with Gasteiger partial charge in [0.2, 0.25) is 11.8 Å². The van der Waals surface area contributed by atoms with Crippen molar-refractivity contribution >= 4 is 50.7 Å². The fraction of sp³-hybridized carbons (Fsp3) is 0.355. The van der Waals surface area contributed by atoms with E-state index in [1.54, 1.807) is 48.5 Å². The molecule has 2 amide bonds. The molecule has 0 bridgehead atoms. The average molecular weight is 619 g/mol. The first-order valence-corrected chi connectivity index (χ1v) is 15.8. The summed E-state index contributed by atoms with van der Waals surface area (Å²) in [6, 6.07) is 17.4. The Labute approximate surface area is 253 Å². The summed E-state index contributed by atoms with van der Waals surface area (Å²) in [6.07, 6.45) is 1.03. The van der Waals surface area contributed by atoms with Gasteiger partial charge in [0.05, 0.1) is 10.6 Å². The number of aryl methyl sites for hydroxylation is 2. The van der Waals surface area contributed by atoms with Crippen LogP contribution in [-0.2, 0) is 26.2 Å². The van der Waals surface area contributed by atoms with Crippen LogP contribution in [-0.4, -0.2) is 43.8 Å². The molecule has 0 spiro atoms. The van der Waals surface area contributed by atoms with Crippen LogP contribution in [0.5, 0.6) is 0 Å². The minimum absolute atomic E-state index is 0.00644. The highest BCUT2D eigenvalue weighted by molar-refractivity contribution is 7.92. The fourth-order valence-corrected chi connectivity index (χ4v) is 6.22. The number of nitrogens with one attached hydrogen (secondary N) is 1. The van der Waals surface area contributed by atoms with Crippen LogP contribution in [0.1, 0.15) is 50.3 Å². The zero-order valence-electron chi connectivity index (χ0n) is 24.0. The topological polar surface area (TPSA) is 86.8 Å². The van der Waals surface area contributed by atoms with E-state index in [0.29, 0.717) is 27.7 Å². The number of hydrogen-bond acceptors (Lipinski definition) is 4. The van der Waals surface area contributed by atoms with Gasteiger partial charge in [-0.15, -0.1) is 0 Å². The lowest BCUT2D eigenvalue weighted by Gasteiger charge is -2.34. The highest BCUT2D eigenvalue weighted by Crippen LogP contribution is 2.27. The zero-order chi connectivity index (χ0) is 30.3. The quantitative estimate of drug-likeness (QED) is 0.250. The third-order valence-corrected chi connectivity index (χ3v) is 9.30. The average Bonchev–Trinajstić information content (AvgIpc) is 2.92. The number of hydrogen-bond donors (Lipinski definition) is 1. The Hall–Kier alpha value is -3.07. The van der Waals surface area contributed by atoms with Gasteiger partial charge in [-0.3, -0.25) is 13.9 Å². The molecule has 0 aliphatic rings. The van der Waals surface area contributed by atoms with E-state index in [2.05, 4.69) is 5.32 Å². The van der Waals surface area contributed by atoms with Crippen LogP contribution in [0.25, 0.3) is 0 Å². The van der Waals surface area contributed by atoms with Crippen molar-refractivity contribution in [1.29, 1.82) is 0 Å². The standard InChI is InChI=1S/C31H37Cl2N3O4S/c1-6-23(5)34-31(38)29(7-2)35(19-24-13-14-25(32)18-28(24)33)30(37)20-36(26-10-8-9-22(4)17-26)41(39,40)27-15-11-21(3)12-16-27/h8-18,23,29H,6-7,19-20H2,1-5H3,(H,34,38)/t23-,29-/m1/s1. The highest BCUT2D eigenvalue weighted by Gasteiger charge is 2.34. The smallest absolute Gasteiger partial charge is 0.264 e. The monoisotopic (exact) mass is 617 g/mol. The second-order valence-electron chi connectivity index (χ2n) is 10.2. The number of rotatable bonds is 12. The van der Waals surface area contributed by atoms with Gasteiger partial charge in [0.1, 0.15) is 12.6 Å². The number of carbonyl (C=O) groups is 2. The van der Waals surface area contributed by atoms with Crippen LogP contribution in [0, 0.1) is 13.8 Å². The molecule has 0 aliphatic heterocycles. The van der Waals surface area contributed by atoms with Crippen LogP contribution in [0.4, 0.5) is 5.69 Å². The van der Waals surface area contributed by atoms with E-state index < -0.39 is 28.5 Å². The van der Waals surface area contributed by atoms with Gasteiger partial charge in [-0.2, -0.15) is 0 Å². The van der Waals surface area contributed by atoms with Gasteiger partial charge >= 0.3 is 0 Å². The summed E-state index contributed by atoms with van der Waals surface area (Å²) in [5.41, 5.74) is 2.68. The van der Waals surface area contributed by atoms with Crippen LogP contribution in [0.2, 0.25) is 10.0 Å². The van der Waals surface area contributed by atoms with Gasteiger partial charge in [-0.1, -0.05) is 72.9 Å². The molecule has 0 unspecified atom stereocenters. The molecule has 7 nitrogen and oxygen atoms in total. The van der Waals surface area contributed by atoms with Gasteiger partial charge in [0, 0.05) is 22.6 Å². The van der Waals surface area contributed by atoms with E-state index in [1.165, 1.54) is 17.0 Å². The second-order valence-corrected chi connectivity index (χ2v) is 12.9. The third kappa shape index (κ3) is 8.24. The molecule has 3 rings (SSSR count). The van der Waals surface area contributed by atoms with Crippen molar-refractivity contribution in [3.05, 3.63) is 93.5 Å². The summed E-state index contributed by atoms with van der Waals surface area (Å²) >= 11 is 12.6. The molecule has 0 aromatic heterocycles. The van der Waals surface area contributed by atoms with Gasteiger partial charge in [-0.05, 0) is 81.1 Å². The Bertz CT molecular complexity index is 1480. The first-order valence-electron chi connectivity index (χ1n) is 13.6. The number of nitrogens with zero attached hydrogens (tertiary/aromatic N) is 2. The molecule has 3 aromatic rings. The predicted octanol–water partition coefficient (Wildman–Crippen LogP) is 6.53. The number of sulfonamides is 1. The molecule has 0 radical (unpaired) electrons. The van der Waals surface area contributed by atoms with Crippen LogP contribution >= 0.6 is 23.2 Å². The van der Waals surface area contributed by atoms with E-state index in [4.69, 9.17) is 23.2 Å². The normalized spacial score (nSPS) is 12.9. The van der Waals surface area contributed by atoms with Crippen LogP contribution in [0.3, 0.4) is 0 Å². The molecule has 0 aliphatic carbocycles. The van der Waals surface area contributed by atoms with Crippen LogP contribution in [0.15, 0.2) is 71.6 Å². The van der Waals surface area contributed by atoms with E-state index in [9.17, 15) is 18.0 Å². The lowest BCUT2D eigenvalue weighted by Crippen LogP contribution is -2.53. The largest absolute Gasteiger partial charge is 0.352 e. The first kappa shape index (κ1) is 32.4. The Morgan fingerprint density at radius 1 is 0.902 bits per heavy atom. The zero-order valence-corrected chi connectivity index (χ0v) is 26.4. The maximum absolute atomic E-state index is 14.2. The molecule has 1 N–H and O–H groups in total. The molecule has 3 aromatic carbocycles. The second kappa shape index (κ2) is 14.2. The van der Waals surface area contributed by atoms with Crippen molar-refractivity contribution in [3.63, 3.8) is 0 Å². The van der Waals surface area contributed by atoms with E-state index in [-0.39, 0.29) is 23.4 Å². The van der Waals surface area contributed by atoms with E-state index in [0.717, 1.165) is 21.9 Å². The first-order chi connectivity index (χ1) is 19.4. The number of halogens is 2. The summed E-state index contributed by atoms with van der Waals surface area (Å²) in [5.74, 6) is -0.858. The molecular formula is C31H37Cl2N3O4S.